The highest BCUT2D eigenvalue weighted by Crippen LogP contribution is 2.53. The van der Waals surface area contributed by atoms with Crippen LogP contribution >= 0.6 is 0 Å². The van der Waals surface area contributed by atoms with Crippen LogP contribution in [0, 0.1) is 11.3 Å². The average Bonchev–Trinajstić information content (AvgIpc) is 3.37. The van der Waals surface area contributed by atoms with Gasteiger partial charge in [-0.3, -0.25) is 4.79 Å². The van der Waals surface area contributed by atoms with Gasteiger partial charge in [-0.15, -0.1) is 0 Å². The molecule has 2 aliphatic rings. The van der Waals surface area contributed by atoms with Crippen molar-refractivity contribution >= 4 is 16.7 Å². The van der Waals surface area contributed by atoms with Crippen molar-refractivity contribution in [2.75, 3.05) is 0 Å². The summed E-state index contributed by atoms with van der Waals surface area (Å²) < 4.78 is 40.0. The molecule has 2 unspecified atom stereocenters. The number of alkyl halides is 3. The van der Waals surface area contributed by atoms with Crippen LogP contribution in [0.25, 0.3) is 10.8 Å². The zero-order chi connectivity index (χ0) is 20.5. The van der Waals surface area contributed by atoms with Gasteiger partial charge in [0.1, 0.15) is 11.3 Å². The normalized spacial score (nSPS) is 25.3. The van der Waals surface area contributed by atoms with Crippen molar-refractivity contribution in [1.29, 1.82) is 0 Å². The van der Waals surface area contributed by atoms with Gasteiger partial charge in [0.05, 0.1) is 5.92 Å². The summed E-state index contributed by atoms with van der Waals surface area (Å²) in [5, 5.41) is 23.0. The maximum Gasteiger partial charge on any atom is 0.420 e. The van der Waals surface area contributed by atoms with Gasteiger partial charge in [-0.05, 0) is 53.1 Å². The van der Waals surface area contributed by atoms with E-state index in [9.17, 15) is 28.2 Å². The summed E-state index contributed by atoms with van der Waals surface area (Å²) in [5.74, 6) is -1.96. The molecule has 0 aliphatic heterocycles. The van der Waals surface area contributed by atoms with Crippen molar-refractivity contribution < 1.29 is 28.2 Å². The number of carboxylic acid groups (broad SMARTS) is 1. The molecule has 4 rings (SSSR count). The highest BCUT2D eigenvalue weighted by molar-refractivity contribution is 5.89. The molecule has 0 radical (unpaired) electrons. The second kappa shape index (κ2) is 5.86. The lowest BCUT2D eigenvalue weighted by atomic mass is 9.58. The molecule has 28 heavy (non-hydrogen) atoms. The van der Waals surface area contributed by atoms with E-state index in [1.165, 1.54) is 12.1 Å². The van der Waals surface area contributed by atoms with E-state index in [-0.39, 0.29) is 22.4 Å². The summed E-state index contributed by atoms with van der Waals surface area (Å²) in [4.78, 5) is 11.3. The van der Waals surface area contributed by atoms with Crippen LogP contribution in [0.3, 0.4) is 0 Å². The van der Waals surface area contributed by atoms with Crippen LogP contribution in [-0.2, 0) is 16.5 Å². The van der Waals surface area contributed by atoms with Gasteiger partial charge in [-0.1, -0.05) is 32.0 Å². The Morgan fingerprint density at radius 1 is 1.18 bits per heavy atom. The predicted molar refractivity (Wildman–Crippen MR) is 98.0 cm³/mol. The van der Waals surface area contributed by atoms with Crippen molar-refractivity contribution in [3.05, 3.63) is 41.5 Å². The fourth-order valence-corrected chi connectivity index (χ4v) is 4.48. The molecule has 2 fully saturated rings. The monoisotopic (exact) mass is 393 g/mol. The Morgan fingerprint density at radius 2 is 1.86 bits per heavy atom. The minimum absolute atomic E-state index is 0.0260. The molecule has 2 aromatic rings. The topological polar surface area (TPSA) is 69.6 Å². The first-order valence-corrected chi connectivity index (χ1v) is 9.30. The third-order valence-corrected chi connectivity index (χ3v) is 6.60. The Kier molecular flexibility index (Phi) is 3.99. The van der Waals surface area contributed by atoms with Gasteiger partial charge in [0.15, 0.2) is 0 Å². The lowest BCUT2D eigenvalue weighted by Crippen LogP contribution is -2.61. The van der Waals surface area contributed by atoms with Crippen LogP contribution in [-0.4, -0.2) is 22.2 Å². The van der Waals surface area contributed by atoms with Crippen LogP contribution in [0.15, 0.2) is 30.3 Å². The number of aliphatic carboxylic acids is 1. The Morgan fingerprint density at radius 3 is 2.39 bits per heavy atom. The molecule has 7 heteroatoms. The first kappa shape index (κ1) is 19.1. The van der Waals surface area contributed by atoms with Gasteiger partial charge in [-0.2, -0.15) is 13.2 Å². The smallest absolute Gasteiger partial charge is 0.420 e. The number of carbonyl (C=O) groups is 1. The molecule has 0 heterocycles. The minimum atomic E-state index is -4.64. The van der Waals surface area contributed by atoms with Crippen LogP contribution in [0.5, 0.6) is 5.75 Å². The highest BCUT2D eigenvalue weighted by atomic mass is 19.4. The van der Waals surface area contributed by atoms with E-state index in [4.69, 9.17) is 0 Å². The molecule has 0 aromatic heterocycles. The van der Waals surface area contributed by atoms with Crippen LogP contribution in [0.1, 0.15) is 44.2 Å². The number of carboxylic acids is 1. The van der Waals surface area contributed by atoms with Gasteiger partial charge in [0.25, 0.3) is 0 Å². The fourth-order valence-electron chi connectivity index (χ4n) is 4.48. The van der Waals surface area contributed by atoms with Crippen molar-refractivity contribution in [2.45, 2.75) is 50.9 Å². The Hall–Kier alpha value is -2.28. The van der Waals surface area contributed by atoms with E-state index in [0.717, 1.165) is 24.5 Å². The molecule has 2 saturated carbocycles. The minimum Gasteiger partial charge on any atom is -0.507 e. The zero-order valence-electron chi connectivity index (χ0n) is 15.6. The largest absolute Gasteiger partial charge is 0.507 e. The summed E-state index contributed by atoms with van der Waals surface area (Å²) in [7, 11) is 0. The van der Waals surface area contributed by atoms with Crippen molar-refractivity contribution in [1.82, 2.24) is 5.32 Å². The first-order valence-electron chi connectivity index (χ1n) is 9.30. The zero-order valence-corrected chi connectivity index (χ0v) is 15.6. The number of benzene rings is 2. The Labute approximate surface area is 160 Å². The van der Waals surface area contributed by atoms with E-state index in [1.807, 2.05) is 13.8 Å². The van der Waals surface area contributed by atoms with E-state index >= 15 is 0 Å². The summed E-state index contributed by atoms with van der Waals surface area (Å²) in [6.45, 7) is 3.86. The molecule has 2 atom stereocenters. The van der Waals surface area contributed by atoms with Gasteiger partial charge in [0, 0.05) is 11.6 Å². The SMILES string of the molecule is CC1(C)C(NC2(c3ccc4c(C(F)(F)F)c(O)ccc4c3)CC2)CC1C(=O)O. The molecule has 2 aromatic carbocycles. The van der Waals surface area contributed by atoms with E-state index in [2.05, 4.69) is 5.32 Å². The molecule has 0 spiro atoms. The third kappa shape index (κ3) is 2.83. The van der Waals surface area contributed by atoms with Crippen molar-refractivity contribution in [2.24, 2.45) is 11.3 Å². The number of nitrogens with one attached hydrogen (secondary N) is 1. The lowest BCUT2D eigenvalue weighted by Gasteiger charge is -2.51. The number of hydrogen-bond acceptors (Lipinski definition) is 3. The first-order chi connectivity index (χ1) is 13.0. The highest BCUT2D eigenvalue weighted by Gasteiger charge is 2.56. The van der Waals surface area contributed by atoms with Gasteiger partial charge >= 0.3 is 12.1 Å². The second-order valence-corrected chi connectivity index (χ2v) is 8.62. The van der Waals surface area contributed by atoms with E-state index in [1.54, 1.807) is 12.1 Å². The molecular formula is C21H22F3NO3. The molecule has 0 saturated heterocycles. The predicted octanol–water partition coefficient (Wildman–Crippen LogP) is 4.64. The summed E-state index contributed by atoms with van der Waals surface area (Å²) in [6, 6.07) is 7.45. The van der Waals surface area contributed by atoms with Crippen LogP contribution in [0.2, 0.25) is 0 Å². The van der Waals surface area contributed by atoms with Gasteiger partial charge in [0.2, 0.25) is 0 Å². The standard InChI is InChI=1S/C21H22F3NO3/c1-19(2)14(18(27)28)10-16(19)25-20(7-8-20)12-4-5-13-11(9-12)3-6-15(26)17(13)21(22,23)24/h3-6,9,14,16,25-26H,7-8,10H2,1-2H3,(H,27,28). The molecule has 150 valence electrons. The van der Waals surface area contributed by atoms with Gasteiger partial charge in [-0.25, -0.2) is 0 Å². The molecule has 4 nitrogen and oxygen atoms in total. The van der Waals surface area contributed by atoms with Gasteiger partial charge < -0.3 is 15.5 Å². The maximum atomic E-state index is 13.3. The number of aromatic hydroxyl groups is 1. The number of rotatable bonds is 4. The number of phenols is 1. The lowest BCUT2D eigenvalue weighted by molar-refractivity contribution is -0.155. The molecule has 0 amide bonds. The van der Waals surface area contributed by atoms with E-state index < -0.39 is 29.4 Å². The quantitative estimate of drug-likeness (QED) is 0.708. The second-order valence-electron chi connectivity index (χ2n) is 8.62. The van der Waals surface area contributed by atoms with Crippen molar-refractivity contribution in [3.63, 3.8) is 0 Å². The van der Waals surface area contributed by atoms with E-state index in [0.29, 0.717) is 11.8 Å². The number of fused-ring (bicyclic) bond motifs is 1. The molecule has 0 bridgehead atoms. The number of phenolic OH excluding ortho intramolecular Hbond substituents is 1. The Balaban J connectivity index is 1.65. The third-order valence-electron chi connectivity index (χ3n) is 6.60. The van der Waals surface area contributed by atoms with Crippen LogP contribution < -0.4 is 5.32 Å². The molecule has 3 N–H and O–H groups in total. The Bertz CT molecular complexity index is 963. The molecular weight excluding hydrogens is 371 g/mol. The summed E-state index contributed by atoms with van der Waals surface area (Å²) in [6.07, 6.45) is -2.38. The van der Waals surface area contributed by atoms with Crippen molar-refractivity contribution in [3.8, 4) is 5.75 Å². The maximum absolute atomic E-state index is 13.3. The molecule has 2 aliphatic carbocycles. The fraction of sp³-hybridized carbons (Fsp3) is 0.476. The summed E-state index contributed by atoms with van der Waals surface area (Å²) >= 11 is 0. The summed E-state index contributed by atoms with van der Waals surface area (Å²) in [5.41, 5.74) is -0.823. The average molecular weight is 393 g/mol. The number of hydrogen-bond donors (Lipinski definition) is 3. The van der Waals surface area contributed by atoms with Crippen LogP contribution in [0.4, 0.5) is 13.2 Å². The number of halogens is 3.